The molecule has 1 N–H and O–H groups in total. The highest BCUT2D eigenvalue weighted by Gasteiger charge is 2.80. The molecule has 0 heterocycles. The highest BCUT2D eigenvalue weighted by Crippen LogP contribution is 2.79. The molecule has 3 fully saturated rings. The predicted molar refractivity (Wildman–Crippen MR) is 130 cm³/mol. The van der Waals surface area contributed by atoms with E-state index in [2.05, 4.69) is 48.1 Å². The number of benzene rings is 2. The van der Waals surface area contributed by atoms with Gasteiger partial charge < -0.3 is 5.32 Å². The molecule has 0 saturated heterocycles. The Morgan fingerprint density at radius 1 is 1.19 bits per heavy atom. The maximum absolute atomic E-state index is 13.5. The average molecular weight is 520 g/mol. The van der Waals surface area contributed by atoms with Gasteiger partial charge in [0.1, 0.15) is 0 Å². The molecule has 162 valence electrons. The molecule has 4 unspecified atom stereocenters. The van der Waals surface area contributed by atoms with Gasteiger partial charge in [-0.2, -0.15) is 5.26 Å². The third-order valence-corrected chi connectivity index (χ3v) is 10.6. The first-order valence-electron chi connectivity index (χ1n) is 10.4. The highest BCUT2D eigenvalue weighted by atomic mass is 79.9. The topological polar surface area (TPSA) is 52.9 Å². The number of carbonyl (C=O) groups is 1. The van der Waals surface area contributed by atoms with Crippen LogP contribution >= 0.6 is 39.1 Å². The Balaban J connectivity index is 1.63. The third-order valence-electron chi connectivity index (χ3n) is 8.21. The lowest BCUT2D eigenvalue weighted by atomic mass is 9.43. The number of anilines is 1. The number of carbonyl (C=O) groups excluding carboxylic acids is 1. The van der Waals surface area contributed by atoms with E-state index in [0.29, 0.717) is 15.7 Å². The van der Waals surface area contributed by atoms with Crippen molar-refractivity contribution in [2.75, 3.05) is 5.32 Å². The number of alkyl halides is 1. The Bertz CT molecular complexity index is 1110. The minimum atomic E-state index is -0.514. The number of nitrogens with one attached hydrogen (secondary N) is 1. The van der Waals surface area contributed by atoms with Gasteiger partial charge in [0, 0.05) is 20.6 Å². The second kappa shape index (κ2) is 7.51. The van der Waals surface area contributed by atoms with Gasteiger partial charge in [0.15, 0.2) is 0 Å². The Labute approximate surface area is 202 Å². The molecular formula is C25H25BrCl2N2O. The number of nitriles is 1. The molecule has 2 aromatic carbocycles. The molecule has 3 saturated carbocycles. The van der Waals surface area contributed by atoms with E-state index in [4.69, 9.17) is 23.2 Å². The molecule has 1 amide bonds. The second-order valence-corrected chi connectivity index (χ2v) is 11.4. The molecule has 6 heteroatoms. The molecule has 2 bridgehead atoms. The normalized spacial score (nSPS) is 29.0. The molecule has 3 nitrogen and oxygen atoms in total. The van der Waals surface area contributed by atoms with Crippen LogP contribution in [0.1, 0.15) is 56.2 Å². The monoisotopic (exact) mass is 518 g/mol. The zero-order chi connectivity index (χ0) is 22.8. The van der Waals surface area contributed by atoms with Crippen molar-refractivity contribution in [2.45, 2.75) is 51.3 Å². The molecule has 5 rings (SSSR count). The van der Waals surface area contributed by atoms with Crippen LogP contribution in [-0.4, -0.2) is 10.7 Å². The van der Waals surface area contributed by atoms with E-state index in [9.17, 15) is 10.1 Å². The molecule has 3 aliphatic carbocycles. The Morgan fingerprint density at radius 3 is 2.35 bits per heavy atom. The summed E-state index contributed by atoms with van der Waals surface area (Å²) in [6, 6.07) is 13.2. The van der Waals surface area contributed by atoms with E-state index >= 15 is 0 Å². The fourth-order valence-corrected chi connectivity index (χ4v) is 7.94. The first kappa shape index (κ1) is 22.6. The third kappa shape index (κ3) is 3.00. The molecule has 0 aromatic heterocycles. The summed E-state index contributed by atoms with van der Waals surface area (Å²) in [4.78, 5) is 13.6. The van der Waals surface area contributed by atoms with Crippen LogP contribution in [0, 0.1) is 34.5 Å². The van der Waals surface area contributed by atoms with Gasteiger partial charge >= 0.3 is 0 Å². The van der Waals surface area contributed by atoms with Crippen molar-refractivity contribution in [2.24, 2.45) is 16.2 Å². The fraction of sp³-hybridized carbons (Fsp3) is 0.440. The highest BCUT2D eigenvalue weighted by molar-refractivity contribution is 9.09. The number of hydrogen-bond donors (Lipinski definition) is 1. The SMILES string of the molecule is Cc1cc(C(C#N)c2ccc(Cl)cc2)c(Cl)cc1NC(=O)C12CCC(C)(C1Br)C2(C)C. The molecule has 2 aromatic rings. The first-order valence-corrected chi connectivity index (χ1v) is 12.1. The van der Waals surface area contributed by atoms with Crippen molar-refractivity contribution in [1.29, 1.82) is 5.26 Å². The van der Waals surface area contributed by atoms with Crippen LogP contribution in [0.5, 0.6) is 0 Å². The van der Waals surface area contributed by atoms with E-state index in [1.807, 2.05) is 25.1 Å². The van der Waals surface area contributed by atoms with Gasteiger partial charge in [-0.3, -0.25) is 4.79 Å². The molecule has 4 atom stereocenters. The maximum Gasteiger partial charge on any atom is 0.232 e. The largest absolute Gasteiger partial charge is 0.325 e. The Morgan fingerprint density at radius 2 is 1.84 bits per heavy atom. The smallest absolute Gasteiger partial charge is 0.232 e. The quantitative estimate of drug-likeness (QED) is 0.425. The first-order chi connectivity index (χ1) is 14.5. The van der Waals surface area contributed by atoms with E-state index in [1.54, 1.807) is 18.2 Å². The summed E-state index contributed by atoms with van der Waals surface area (Å²) in [5, 5.41) is 14.0. The average Bonchev–Trinajstić information content (AvgIpc) is 3.13. The number of halogens is 3. The van der Waals surface area contributed by atoms with Crippen molar-refractivity contribution >= 4 is 50.7 Å². The Kier molecular flexibility index (Phi) is 5.49. The van der Waals surface area contributed by atoms with Gasteiger partial charge in [-0.1, -0.05) is 78.1 Å². The molecule has 3 aliphatic rings. The Hall–Kier alpha value is -1.54. The lowest BCUT2D eigenvalue weighted by Gasteiger charge is -2.64. The van der Waals surface area contributed by atoms with Gasteiger partial charge in [-0.15, -0.1) is 0 Å². The number of aryl methyl sites for hydroxylation is 1. The van der Waals surface area contributed by atoms with Crippen LogP contribution in [0.2, 0.25) is 10.0 Å². The summed E-state index contributed by atoms with van der Waals surface area (Å²) in [6.07, 6.45) is 1.91. The number of amides is 1. The second-order valence-electron chi connectivity index (χ2n) is 9.63. The molecule has 31 heavy (non-hydrogen) atoms. The van der Waals surface area contributed by atoms with Crippen molar-refractivity contribution in [3.63, 3.8) is 0 Å². The van der Waals surface area contributed by atoms with Crippen LogP contribution in [0.4, 0.5) is 5.69 Å². The lowest BCUT2D eigenvalue weighted by Crippen LogP contribution is -2.68. The summed E-state index contributed by atoms with van der Waals surface area (Å²) in [7, 11) is 0. The van der Waals surface area contributed by atoms with Crippen molar-refractivity contribution in [3.8, 4) is 6.07 Å². The van der Waals surface area contributed by atoms with Crippen LogP contribution in [0.15, 0.2) is 36.4 Å². The van der Waals surface area contributed by atoms with Crippen molar-refractivity contribution in [1.82, 2.24) is 0 Å². The summed E-state index contributed by atoms with van der Waals surface area (Å²) < 4.78 is 0. The molecule has 0 radical (unpaired) electrons. The van der Waals surface area contributed by atoms with Gasteiger partial charge in [-0.05, 0) is 65.5 Å². The molecule has 0 aliphatic heterocycles. The van der Waals surface area contributed by atoms with Crippen molar-refractivity contribution < 1.29 is 4.79 Å². The minimum Gasteiger partial charge on any atom is -0.325 e. The van der Waals surface area contributed by atoms with Gasteiger partial charge in [0.25, 0.3) is 0 Å². The number of hydrogen-bond acceptors (Lipinski definition) is 2. The predicted octanol–water partition coefficient (Wildman–Crippen LogP) is 7.49. The van der Waals surface area contributed by atoms with Gasteiger partial charge in [0.2, 0.25) is 5.91 Å². The van der Waals surface area contributed by atoms with E-state index in [0.717, 1.165) is 29.5 Å². The standard InChI is InChI=1S/C25H25BrCl2N2O/c1-14-11-17(18(13-29)15-5-7-16(27)8-6-15)19(28)12-20(14)30-22(31)25-10-9-24(4,21(25)26)23(25,2)3/h5-8,11-12,18,21H,9-10H2,1-4H3,(H,30,31). The van der Waals surface area contributed by atoms with E-state index in [1.165, 1.54) is 0 Å². The van der Waals surface area contributed by atoms with E-state index in [-0.39, 0.29) is 21.6 Å². The van der Waals surface area contributed by atoms with Crippen LogP contribution in [0.3, 0.4) is 0 Å². The van der Waals surface area contributed by atoms with Crippen LogP contribution in [-0.2, 0) is 4.79 Å². The van der Waals surface area contributed by atoms with Crippen LogP contribution < -0.4 is 5.32 Å². The summed E-state index contributed by atoms with van der Waals surface area (Å²) >= 11 is 16.4. The number of nitrogens with zero attached hydrogens (tertiary/aromatic N) is 1. The fourth-order valence-electron chi connectivity index (χ4n) is 5.73. The van der Waals surface area contributed by atoms with E-state index < -0.39 is 11.3 Å². The van der Waals surface area contributed by atoms with Crippen LogP contribution in [0.25, 0.3) is 0 Å². The van der Waals surface area contributed by atoms with Gasteiger partial charge in [0.05, 0.1) is 17.4 Å². The number of rotatable bonds is 4. The lowest BCUT2D eigenvalue weighted by molar-refractivity contribution is -0.156. The molecule has 0 spiro atoms. The summed E-state index contributed by atoms with van der Waals surface area (Å²) in [5.74, 6) is -0.476. The summed E-state index contributed by atoms with van der Waals surface area (Å²) in [6.45, 7) is 8.59. The maximum atomic E-state index is 13.5. The van der Waals surface area contributed by atoms with Gasteiger partial charge in [-0.25, -0.2) is 0 Å². The summed E-state index contributed by atoms with van der Waals surface area (Å²) in [5.41, 5.74) is 2.72. The van der Waals surface area contributed by atoms with Crippen molar-refractivity contribution in [3.05, 3.63) is 63.1 Å². The zero-order valence-electron chi connectivity index (χ0n) is 18.0. The zero-order valence-corrected chi connectivity index (χ0v) is 21.1. The number of fused-ring (bicyclic) bond motifs is 1. The minimum absolute atomic E-state index is 0.0378. The molecular weight excluding hydrogens is 495 g/mol.